The second-order valence-electron chi connectivity index (χ2n) is 6.54. The molecular weight excluding hydrogens is 334 g/mol. The van der Waals surface area contributed by atoms with Crippen LogP contribution >= 0.6 is 11.3 Å². The molecule has 3 rings (SSSR count). The first-order valence-corrected chi connectivity index (χ1v) is 9.50. The molecule has 0 saturated carbocycles. The molecular formula is C19H23N3O2S. The van der Waals surface area contributed by atoms with Crippen molar-refractivity contribution in [3.63, 3.8) is 0 Å². The second kappa shape index (κ2) is 7.85. The van der Waals surface area contributed by atoms with E-state index in [1.165, 1.54) is 11.3 Å². The molecule has 0 radical (unpaired) electrons. The number of carbonyl (C=O) groups is 1. The summed E-state index contributed by atoms with van der Waals surface area (Å²) in [5.74, 6) is 0.727. The van der Waals surface area contributed by atoms with E-state index in [0.717, 1.165) is 37.0 Å². The highest BCUT2D eigenvalue weighted by Gasteiger charge is 2.24. The number of nitrogens with zero attached hydrogens (tertiary/aromatic N) is 2. The third-order valence-corrected chi connectivity index (χ3v) is 6.00. The Morgan fingerprint density at radius 2 is 2.24 bits per heavy atom. The molecule has 0 aromatic carbocycles. The maximum Gasteiger partial charge on any atom is 0.242 e. The van der Waals surface area contributed by atoms with Gasteiger partial charge in [-0.2, -0.15) is 5.26 Å². The van der Waals surface area contributed by atoms with E-state index in [0.29, 0.717) is 17.1 Å². The van der Waals surface area contributed by atoms with Crippen LogP contribution in [0, 0.1) is 11.3 Å². The van der Waals surface area contributed by atoms with Crippen molar-refractivity contribution in [1.82, 2.24) is 4.90 Å². The van der Waals surface area contributed by atoms with E-state index in [9.17, 15) is 10.1 Å². The number of anilines is 1. The Bertz CT molecular complexity index is 773. The zero-order valence-corrected chi connectivity index (χ0v) is 15.5. The number of likely N-dealkylation sites (N-methyl/N-ethyl adjacent to an activating group) is 1. The predicted molar refractivity (Wildman–Crippen MR) is 98.6 cm³/mol. The summed E-state index contributed by atoms with van der Waals surface area (Å²) < 4.78 is 5.34. The van der Waals surface area contributed by atoms with Crippen molar-refractivity contribution in [3.05, 3.63) is 40.2 Å². The lowest BCUT2D eigenvalue weighted by molar-refractivity contribution is -0.120. The van der Waals surface area contributed by atoms with Gasteiger partial charge in [-0.05, 0) is 57.4 Å². The summed E-state index contributed by atoms with van der Waals surface area (Å²) >= 11 is 1.57. The second-order valence-corrected chi connectivity index (χ2v) is 7.65. The van der Waals surface area contributed by atoms with Crippen LogP contribution < -0.4 is 5.32 Å². The Balaban J connectivity index is 1.71. The SMILES string of the molecule is C[C@H](C(=O)Nc1sc2c(c1C#N)CCCCC2)N(C)Cc1ccco1. The first-order valence-electron chi connectivity index (χ1n) is 8.68. The lowest BCUT2D eigenvalue weighted by Gasteiger charge is -2.22. The van der Waals surface area contributed by atoms with Crippen LogP contribution in [0.4, 0.5) is 5.00 Å². The summed E-state index contributed by atoms with van der Waals surface area (Å²) in [6, 6.07) is 5.72. The minimum absolute atomic E-state index is 0.0954. The highest BCUT2D eigenvalue weighted by atomic mass is 32.1. The number of furan rings is 1. The Morgan fingerprint density at radius 3 is 2.96 bits per heavy atom. The molecule has 132 valence electrons. The Kier molecular flexibility index (Phi) is 5.57. The standard InChI is InChI=1S/C19H23N3O2S/c1-13(22(2)12-14-7-6-10-24-14)18(23)21-19-16(11-20)15-8-4-3-5-9-17(15)25-19/h6-7,10,13H,3-5,8-9,12H2,1-2H3,(H,21,23)/t13-/m1/s1. The predicted octanol–water partition coefficient (Wildman–Crippen LogP) is 3.94. The molecule has 0 aliphatic heterocycles. The van der Waals surface area contributed by atoms with E-state index in [1.54, 1.807) is 17.6 Å². The first-order chi connectivity index (χ1) is 12.1. The highest BCUT2D eigenvalue weighted by Crippen LogP contribution is 2.37. The fourth-order valence-electron chi connectivity index (χ4n) is 3.15. The number of amides is 1. The minimum Gasteiger partial charge on any atom is -0.468 e. The van der Waals surface area contributed by atoms with Gasteiger partial charge >= 0.3 is 0 Å². The molecule has 1 aliphatic rings. The van der Waals surface area contributed by atoms with Crippen molar-refractivity contribution < 1.29 is 9.21 Å². The number of carbonyl (C=O) groups excluding carboxylic acids is 1. The maximum atomic E-state index is 12.6. The Morgan fingerprint density at radius 1 is 1.44 bits per heavy atom. The van der Waals surface area contributed by atoms with Crippen LogP contribution in [-0.2, 0) is 24.2 Å². The minimum atomic E-state index is -0.321. The van der Waals surface area contributed by atoms with Gasteiger partial charge < -0.3 is 9.73 Å². The van der Waals surface area contributed by atoms with Gasteiger partial charge in [-0.3, -0.25) is 9.69 Å². The van der Waals surface area contributed by atoms with Gasteiger partial charge in [0, 0.05) is 4.88 Å². The topological polar surface area (TPSA) is 69.3 Å². The molecule has 2 aromatic heterocycles. The average molecular weight is 357 g/mol. The summed E-state index contributed by atoms with van der Waals surface area (Å²) in [7, 11) is 1.89. The van der Waals surface area contributed by atoms with Gasteiger partial charge in [-0.25, -0.2) is 0 Å². The lowest BCUT2D eigenvalue weighted by Crippen LogP contribution is -2.39. The summed E-state index contributed by atoms with van der Waals surface area (Å²) in [5, 5.41) is 13.3. The molecule has 1 atom stereocenters. The number of rotatable bonds is 5. The molecule has 6 heteroatoms. The summed E-state index contributed by atoms with van der Waals surface area (Å²) in [4.78, 5) is 15.8. The van der Waals surface area contributed by atoms with Crippen LogP contribution in [0.2, 0.25) is 0 Å². The molecule has 0 bridgehead atoms. The van der Waals surface area contributed by atoms with Crippen LogP contribution in [0.25, 0.3) is 0 Å². The van der Waals surface area contributed by atoms with E-state index in [-0.39, 0.29) is 11.9 Å². The van der Waals surface area contributed by atoms with Gasteiger partial charge in [0.1, 0.15) is 16.8 Å². The van der Waals surface area contributed by atoms with Crippen molar-refractivity contribution in [2.45, 2.75) is 51.6 Å². The Hall–Kier alpha value is -2.10. The monoisotopic (exact) mass is 357 g/mol. The molecule has 2 heterocycles. The molecule has 0 fully saturated rings. The smallest absolute Gasteiger partial charge is 0.242 e. The average Bonchev–Trinajstić information content (AvgIpc) is 3.15. The number of aryl methyl sites for hydroxylation is 1. The summed E-state index contributed by atoms with van der Waals surface area (Å²) in [5.41, 5.74) is 1.81. The van der Waals surface area contributed by atoms with Gasteiger partial charge in [0.15, 0.2) is 0 Å². The van der Waals surface area contributed by atoms with Crippen molar-refractivity contribution in [1.29, 1.82) is 5.26 Å². The molecule has 1 amide bonds. The molecule has 0 saturated heterocycles. The normalized spacial score (nSPS) is 15.3. The van der Waals surface area contributed by atoms with Crippen molar-refractivity contribution in [2.24, 2.45) is 0 Å². The van der Waals surface area contributed by atoms with E-state index in [4.69, 9.17) is 4.42 Å². The van der Waals surface area contributed by atoms with E-state index >= 15 is 0 Å². The fraction of sp³-hybridized carbons (Fsp3) is 0.474. The van der Waals surface area contributed by atoms with Gasteiger partial charge in [0.05, 0.1) is 24.4 Å². The van der Waals surface area contributed by atoms with Crippen LogP contribution in [0.1, 0.15) is 48.0 Å². The summed E-state index contributed by atoms with van der Waals surface area (Å²) in [6.07, 6.45) is 7.08. The largest absolute Gasteiger partial charge is 0.468 e. The zero-order valence-electron chi connectivity index (χ0n) is 14.7. The first kappa shape index (κ1) is 17.7. The third kappa shape index (κ3) is 3.94. The number of hydrogen-bond donors (Lipinski definition) is 1. The van der Waals surface area contributed by atoms with Crippen molar-refractivity contribution >= 4 is 22.2 Å². The molecule has 1 N–H and O–H groups in total. The molecule has 25 heavy (non-hydrogen) atoms. The Labute approximate surface area is 152 Å². The molecule has 0 unspecified atom stereocenters. The van der Waals surface area contributed by atoms with Crippen LogP contribution in [-0.4, -0.2) is 23.9 Å². The third-order valence-electron chi connectivity index (χ3n) is 4.80. The van der Waals surface area contributed by atoms with Gasteiger partial charge in [0.2, 0.25) is 5.91 Å². The fourth-order valence-corrected chi connectivity index (χ4v) is 4.39. The zero-order chi connectivity index (χ0) is 17.8. The molecule has 5 nitrogen and oxygen atoms in total. The van der Waals surface area contributed by atoms with E-state index in [2.05, 4.69) is 11.4 Å². The van der Waals surface area contributed by atoms with E-state index < -0.39 is 0 Å². The summed E-state index contributed by atoms with van der Waals surface area (Å²) in [6.45, 7) is 2.43. The molecule has 0 spiro atoms. The van der Waals surface area contributed by atoms with Gasteiger partial charge in [-0.15, -0.1) is 11.3 Å². The lowest BCUT2D eigenvalue weighted by atomic mass is 10.1. The number of fused-ring (bicyclic) bond motifs is 1. The maximum absolute atomic E-state index is 12.6. The number of hydrogen-bond acceptors (Lipinski definition) is 5. The van der Waals surface area contributed by atoms with Crippen molar-refractivity contribution in [3.8, 4) is 6.07 Å². The highest BCUT2D eigenvalue weighted by molar-refractivity contribution is 7.16. The van der Waals surface area contributed by atoms with Crippen LogP contribution in [0.5, 0.6) is 0 Å². The van der Waals surface area contributed by atoms with Gasteiger partial charge in [-0.1, -0.05) is 6.42 Å². The molecule has 1 aliphatic carbocycles. The quantitative estimate of drug-likeness (QED) is 0.823. The number of nitriles is 1. The number of nitrogens with one attached hydrogen (secondary N) is 1. The van der Waals surface area contributed by atoms with Crippen LogP contribution in [0.15, 0.2) is 22.8 Å². The molecule has 2 aromatic rings. The van der Waals surface area contributed by atoms with E-state index in [1.807, 2.05) is 31.0 Å². The van der Waals surface area contributed by atoms with Gasteiger partial charge in [0.25, 0.3) is 0 Å². The number of thiophene rings is 1. The van der Waals surface area contributed by atoms with Crippen LogP contribution in [0.3, 0.4) is 0 Å². The van der Waals surface area contributed by atoms with Crippen molar-refractivity contribution in [2.75, 3.05) is 12.4 Å².